The maximum Gasteiger partial charge on any atom is 0.306 e. The van der Waals surface area contributed by atoms with E-state index in [-0.39, 0.29) is 13.0 Å². The van der Waals surface area contributed by atoms with E-state index in [1.165, 1.54) is 0 Å². The number of aliphatic hydroxyl groups is 1. The zero-order valence-electron chi connectivity index (χ0n) is 9.31. The van der Waals surface area contributed by atoms with Crippen LogP contribution in [0.1, 0.15) is 6.42 Å². The smallest absolute Gasteiger partial charge is 0.306 e. The van der Waals surface area contributed by atoms with Crippen LogP contribution in [0.5, 0.6) is 5.75 Å². The van der Waals surface area contributed by atoms with Gasteiger partial charge in [0.05, 0.1) is 19.6 Å². The van der Waals surface area contributed by atoms with Crippen molar-refractivity contribution in [2.45, 2.75) is 12.5 Å². The Kier molecular flexibility index (Phi) is 5.24. The summed E-state index contributed by atoms with van der Waals surface area (Å²) in [5.41, 5.74) is 0.751. The Bertz CT molecular complexity index is 397. The molecule has 0 radical (unpaired) electrons. The molecule has 94 valence electrons. The molecular formula is C11H14BrNO4. The average Bonchev–Trinajstić information content (AvgIpc) is 2.24. The summed E-state index contributed by atoms with van der Waals surface area (Å²) in [7, 11) is 1.56. The van der Waals surface area contributed by atoms with Crippen LogP contribution in [0, 0.1) is 0 Å². The number of nitrogens with one attached hydrogen (secondary N) is 1. The molecule has 1 aromatic rings. The standard InChI is InChI=1S/C11H14BrNO4/c1-17-10-3-7(12)2-8(4-10)13-6-9(14)5-11(15)16/h2-4,9,13-14H,5-6H2,1H3,(H,15,16). The number of carbonyl (C=O) groups is 1. The van der Waals surface area contributed by atoms with Crippen LogP contribution >= 0.6 is 15.9 Å². The Hall–Kier alpha value is -1.27. The van der Waals surface area contributed by atoms with E-state index in [2.05, 4.69) is 21.2 Å². The van der Waals surface area contributed by atoms with Gasteiger partial charge in [-0.15, -0.1) is 0 Å². The first kappa shape index (κ1) is 13.8. The van der Waals surface area contributed by atoms with Crippen LogP contribution in [0.15, 0.2) is 22.7 Å². The van der Waals surface area contributed by atoms with Gasteiger partial charge in [-0.05, 0) is 12.1 Å². The molecule has 0 aliphatic carbocycles. The number of halogens is 1. The fourth-order valence-electron chi connectivity index (χ4n) is 1.29. The van der Waals surface area contributed by atoms with Crippen LogP contribution in [-0.2, 0) is 4.79 Å². The molecular weight excluding hydrogens is 290 g/mol. The number of aliphatic hydroxyl groups excluding tert-OH is 1. The topological polar surface area (TPSA) is 78.8 Å². The van der Waals surface area contributed by atoms with Crippen LogP contribution in [0.25, 0.3) is 0 Å². The third kappa shape index (κ3) is 5.06. The molecule has 0 aromatic heterocycles. The largest absolute Gasteiger partial charge is 0.497 e. The Morgan fingerprint density at radius 2 is 2.24 bits per heavy atom. The lowest BCUT2D eigenvalue weighted by Gasteiger charge is -2.12. The second-order valence-electron chi connectivity index (χ2n) is 3.51. The first-order valence-electron chi connectivity index (χ1n) is 4.99. The molecule has 1 unspecified atom stereocenters. The van der Waals surface area contributed by atoms with Gasteiger partial charge >= 0.3 is 5.97 Å². The molecule has 0 saturated carbocycles. The van der Waals surface area contributed by atoms with Gasteiger partial charge in [0, 0.05) is 22.8 Å². The molecule has 0 spiro atoms. The molecule has 0 saturated heterocycles. The van der Waals surface area contributed by atoms with E-state index in [9.17, 15) is 9.90 Å². The number of carboxylic acids is 1. The third-order valence-corrected chi connectivity index (χ3v) is 2.52. The van der Waals surface area contributed by atoms with Crippen LogP contribution in [-0.4, -0.2) is 35.9 Å². The van der Waals surface area contributed by atoms with Crippen molar-refractivity contribution < 1.29 is 19.7 Å². The summed E-state index contributed by atoms with van der Waals surface area (Å²) < 4.78 is 5.92. The molecule has 0 fully saturated rings. The van der Waals surface area contributed by atoms with Crippen LogP contribution < -0.4 is 10.1 Å². The highest BCUT2D eigenvalue weighted by Crippen LogP contribution is 2.24. The number of anilines is 1. The van der Waals surface area contributed by atoms with E-state index in [0.717, 1.165) is 10.2 Å². The second-order valence-corrected chi connectivity index (χ2v) is 4.43. The molecule has 0 aliphatic rings. The molecule has 17 heavy (non-hydrogen) atoms. The average molecular weight is 304 g/mol. The summed E-state index contributed by atoms with van der Waals surface area (Å²) >= 11 is 3.32. The Morgan fingerprint density at radius 1 is 1.53 bits per heavy atom. The highest BCUT2D eigenvalue weighted by molar-refractivity contribution is 9.10. The first-order valence-corrected chi connectivity index (χ1v) is 5.79. The molecule has 5 nitrogen and oxygen atoms in total. The van der Waals surface area contributed by atoms with Gasteiger partial charge in [0.25, 0.3) is 0 Å². The number of benzene rings is 1. The lowest BCUT2D eigenvalue weighted by atomic mass is 10.2. The van der Waals surface area contributed by atoms with E-state index in [1.54, 1.807) is 19.2 Å². The van der Waals surface area contributed by atoms with E-state index < -0.39 is 12.1 Å². The summed E-state index contributed by atoms with van der Waals surface area (Å²) in [6, 6.07) is 5.38. The highest BCUT2D eigenvalue weighted by Gasteiger charge is 2.09. The number of hydrogen-bond acceptors (Lipinski definition) is 4. The normalized spacial score (nSPS) is 11.9. The van der Waals surface area contributed by atoms with E-state index >= 15 is 0 Å². The maximum absolute atomic E-state index is 10.4. The van der Waals surface area contributed by atoms with Crippen molar-refractivity contribution in [2.24, 2.45) is 0 Å². The lowest BCUT2D eigenvalue weighted by Crippen LogP contribution is -2.22. The monoisotopic (exact) mass is 303 g/mol. The number of ether oxygens (including phenoxy) is 1. The van der Waals surface area contributed by atoms with Crippen molar-refractivity contribution in [3.05, 3.63) is 22.7 Å². The zero-order chi connectivity index (χ0) is 12.8. The van der Waals surface area contributed by atoms with Crippen molar-refractivity contribution in [1.82, 2.24) is 0 Å². The van der Waals surface area contributed by atoms with Gasteiger partial charge in [-0.25, -0.2) is 0 Å². The zero-order valence-corrected chi connectivity index (χ0v) is 10.9. The van der Waals surface area contributed by atoms with Gasteiger partial charge in [0.2, 0.25) is 0 Å². The molecule has 3 N–H and O–H groups in total. The SMILES string of the molecule is COc1cc(Br)cc(NCC(O)CC(=O)O)c1. The van der Waals surface area contributed by atoms with Crippen molar-refractivity contribution in [1.29, 1.82) is 0 Å². The van der Waals surface area contributed by atoms with Crippen LogP contribution in [0.2, 0.25) is 0 Å². The Morgan fingerprint density at radius 3 is 2.82 bits per heavy atom. The maximum atomic E-state index is 10.4. The van der Waals surface area contributed by atoms with Gasteiger partial charge in [0.1, 0.15) is 5.75 Å². The van der Waals surface area contributed by atoms with Gasteiger partial charge < -0.3 is 20.3 Å². The molecule has 0 heterocycles. The van der Waals surface area contributed by atoms with Gasteiger partial charge in [-0.2, -0.15) is 0 Å². The third-order valence-electron chi connectivity index (χ3n) is 2.06. The second kappa shape index (κ2) is 6.46. The molecule has 0 aliphatic heterocycles. The minimum Gasteiger partial charge on any atom is -0.497 e. The molecule has 1 rings (SSSR count). The summed E-state index contributed by atoms with van der Waals surface area (Å²) in [6.45, 7) is 0.173. The summed E-state index contributed by atoms with van der Waals surface area (Å²) in [5.74, 6) is -0.347. The molecule has 1 aromatic carbocycles. The lowest BCUT2D eigenvalue weighted by molar-refractivity contribution is -0.138. The fourth-order valence-corrected chi connectivity index (χ4v) is 1.76. The van der Waals surface area contributed by atoms with E-state index in [4.69, 9.17) is 9.84 Å². The number of hydrogen-bond donors (Lipinski definition) is 3. The number of rotatable bonds is 6. The van der Waals surface area contributed by atoms with Gasteiger partial charge in [-0.3, -0.25) is 4.79 Å². The quantitative estimate of drug-likeness (QED) is 0.745. The fraction of sp³-hybridized carbons (Fsp3) is 0.364. The van der Waals surface area contributed by atoms with Crippen molar-refractivity contribution in [2.75, 3.05) is 19.0 Å². The molecule has 6 heteroatoms. The minimum absolute atomic E-state index is 0.173. The van der Waals surface area contributed by atoms with Gasteiger partial charge in [0.15, 0.2) is 0 Å². The molecule has 0 bridgehead atoms. The van der Waals surface area contributed by atoms with Crippen LogP contribution in [0.3, 0.4) is 0 Å². The number of aliphatic carboxylic acids is 1. The van der Waals surface area contributed by atoms with Crippen molar-refractivity contribution in [3.63, 3.8) is 0 Å². The number of methoxy groups -OCH3 is 1. The van der Waals surface area contributed by atoms with Crippen molar-refractivity contribution in [3.8, 4) is 5.75 Å². The minimum atomic E-state index is -1.02. The number of carboxylic acid groups (broad SMARTS) is 1. The van der Waals surface area contributed by atoms with Crippen molar-refractivity contribution >= 4 is 27.6 Å². The van der Waals surface area contributed by atoms with E-state index in [1.807, 2.05) is 6.07 Å². The first-order chi connectivity index (χ1) is 8.01. The summed E-state index contributed by atoms with van der Waals surface area (Å²) in [6.07, 6.45) is -1.20. The Labute approximate surface area is 108 Å². The van der Waals surface area contributed by atoms with Crippen LogP contribution in [0.4, 0.5) is 5.69 Å². The predicted molar refractivity (Wildman–Crippen MR) is 67.4 cm³/mol. The molecule has 0 amide bonds. The van der Waals surface area contributed by atoms with E-state index in [0.29, 0.717) is 5.75 Å². The predicted octanol–water partition coefficient (Wildman–Crippen LogP) is 1.71. The summed E-state index contributed by atoms with van der Waals surface area (Å²) in [4.78, 5) is 10.4. The summed E-state index contributed by atoms with van der Waals surface area (Å²) in [5, 5.41) is 20.8. The highest BCUT2D eigenvalue weighted by atomic mass is 79.9. The molecule has 1 atom stereocenters. The Balaban J connectivity index is 2.56. The van der Waals surface area contributed by atoms with Gasteiger partial charge in [-0.1, -0.05) is 15.9 Å².